The van der Waals surface area contributed by atoms with E-state index in [1.54, 1.807) is 0 Å². The van der Waals surface area contributed by atoms with Gasteiger partial charge in [-0.25, -0.2) is 0 Å². The van der Waals surface area contributed by atoms with E-state index in [1.165, 1.54) is 0 Å². The fourth-order valence-electron chi connectivity index (χ4n) is 2.13. The second-order valence-corrected chi connectivity index (χ2v) is 5.18. The van der Waals surface area contributed by atoms with Gasteiger partial charge >= 0.3 is 0 Å². The van der Waals surface area contributed by atoms with Crippen LogP contribution in [0.5, 0.6) is 0 Å². The van der Waals surface area contributed by atoms with Gasteiger partial charge in [0.15, 0.2) is 0 Å². The van der Waals surface area contributed by atoms with Crippen LogP contribution in [-0.4, -0.2) is 24.4 Å². The summed E-state index contributed by atoms with van der Waals surface area (Å²) < 4.78 is 0. The molecule has 4 nitrogen and oxygen atoms in total. The molecule has 0 aliphatic heterocycles. The van der Waals surface area contributed by atoms with E-state index < -0.39 is 0 Å². The molecule has 0 fully saturated rings. The smallest absolute Gasteiger partial charge is 0.223 e. The van der Waals surface area contributed by atoms with E-state index in [0.717, 1.165) is 25.7 Å². The number of carbonyl (C=O) groups excluding carboxylic acids is 2. The molecule has 1 atom stereocenters. The van der Waals surface area contributed by atoms with E-state index in [2.05, 4.69) is 10.6 Å². The van der Waals surface area contributed by atoms with Crippen molar-refractivity contribution in [3.63, 3.8) is 0 Å². The van der Waals surface area contributed by atoms with E-state index in [1.807, 2.05) is 34.6 Å². The zero-order valence-corrected chi connectivity index (χ0v) is 13.1. The normalized spacial score (nSPS) is 12.6. The highest BCUT2D eigenvalue weighted by Crippen LogP contribution is 2.08. The van der Waals surface area contributed by atoms with Gasteiger partial charge in [0.05, 0.1) is 0 Å². The van der Waals surface area contributed by atoms with Crippen LogP contribution in [0.3, 0.4) is 0 Å². The molecule has 0 spiro atoms. The molecule has 19 heavy (non-hydrogen) atoms. The van der Waals surface area contributed by atoms with Crippen molar-refractivity contribution in [2.45, 2.75) is 66.3 Å². The molecule has 0 bridgehead atoms. The molecule has 2 amide bonds. The van der Waals surface area contributed by atoms with E-state index in [-0.39, 0.29) is 29.7 Å². The summed E-state index contributed by atoms with van der Waals surface area (Å²) in [5.74, 6) is 0.349. The van der Waals surface area contributed by atoms with Crippen molar-refractivity contribution in [1.29, 1.82) is 0 Å². The molecular weight excluding hydrogens is 240 g/mol. The van der Waals surface area contributed by atoms with Crippen molar-refractivity contribution in [3.8, 4) is 0 Å². The maximum Gasteiger partial charge on any atom is 0.223 e. The van der Waals surface area contributed by atoms with E-state index in [9.17, 15) is 9.59 Å². The first kappa shape index (κ1) is 17.9. The first-order valence-corrected chi connectivity index (χ1v) is 7.57. The molecule has 0 aliphatic rings. The summed E-state index contributed by atoms with van der Waals surface area (Å²) in [4.78, 5) is 23.7. The molecule has 0 aromatic carbocycles. The van der Waals surface area contributed by atoms with Gasteiger partial charge in [-0.3, -0.25) is 9.59 Å². The molecule has 1 unspecified atom stereocenters. The fraction of sp³-hybridized carbons (Fsp3) is 0.867. The Morgan fingerprint density at radius 1 is 0.842 bits per heavy atom. The third kappa shape index (κ3) is 6.60. The van der Waals surface area contributed by atoms with Crippen LogP contribution in [0, 0.1) is 11.8 Å². The Balaban J connectivity index is 4.08. The highest BCUT2D eigenvalue weighted by Gasteiger charge is 2.18. The summed E-state index contributed by atoms with van der Waals surface area (Å²) in [5, 5.41) is 5.87. The molecule has 0 aliphatic carbocycles. The number of rotatable bonds is 9. The minimum atomic E-state index is -0.0218. The van der Waals surface area contributed by atoms with Gasteiger partial charge in [0.2, 0.25) is 11.8 Å². The van der Waals surface area contributed by atoms with Gasteiger partial charge in [-0.15, -0.1) is 0 Å². The summed E-state index contributed by atoms with van der Waals surface area (Å²) in [7, 11) is 0. The number of hydrogen-bond donors (Lipinski definition) is 2. The topological polar surface area (TPSA) is 58.2 Å². The molecule has 0 rings (SSSR count). The van der Waals surface area contributed by atoms with Crippen molar-refractivity contribution in [3.05, 3.63) is 0 Å². The van der Waals surface area contributed by atoms with Crippen LogP contribution < -0.4 is 10.6 Å². The lowest BCUT2D eigenvalue weighted by atomic mass is 10.0. The van der Waals surface area contributed by atoms with Crippen LogP contribution in [0.15, 0.2) is 0 Å². The third-order valence-electron chi connectivity index (χ3n) is 3.68. The number of amides is 2. The van der Waals surface area contributed by atoms with Crippen LogP contribution in [0.4, 0.5) is 0 Å². The lowest BCUT2D eigenvalue weighted by Gasteiger charge is -2.20. The third-order valence-corrected chi connectivity index (χ3v) is 3.68. The van der Waals surface area contributed by atoms with Crippen molar-refractivity contribution in [2.75, 3.05) is 6.54 Å². The van der Waals surface area contributed by atoms with Gasteiger partial charge in [-0.2, -0.15) is 0 Å². The summed E-state index contributed by atoms with van der Waals surface area (Å²) in [6, 6.07) is -0.0218. The summed E-state index contributed by atoms with van der Waals surface area (Å²) >= 11 is 0. The molecule has 4 heteroatoms. The lowest BCUT2D eigenvalue weighted by molar-refractivity contribution is -0.127. The largest absolute Gasteiger partial charge is 0.354 e. The average molecular weight is 270 g/mol. The van der Waals surface area contributed by atoms with Gasteiger partial charge < -0.3 is 10.6 Å². The Morgan fingerprint density at radius 2 is 1.26 bits per heavy atom. The van der Waals surface area contributed by atoms with Crippen LogP contribution in [0.2, 0.25) is 0 Å². The zero-order chi connectivity index (χ0) is 14.8. The molecule has 0 radical (unpaired) electrons. The minimum absolute atomic E-state index is 0.0218. The Bertz CT molecular complexity index is 271. The van der Waals surface area contributed by atoms with Gasteiger partial charge in [-0.1, -0.05) is 27.7 Å². The lowest BCUT2D eigenvalue weighted by Crippen LogP contribution is -2.45. The van der Waals surface area contributed by atoms with Crippen LogP contribution >= 0.6 is 0 Å². The van der Waals surface area contributed by atoms with Crippen LogP contribution in [0.25, 0.3) is 0 Å². The summed E-state index contributed by atoms with van der Waals surface area (Å²) in [5.41, 5.74) is 0. The molecular formula is C15H30N2O2. The molecule has 0 saturated heterocycles. The first-order valence-electron chi connectivity index (χ1n) is 7.57. The summed E-state index contributed by atoms with van der Waals surface area (Å²) in [6.07, 6.45) is 3.43. The van der Waals surface area contributed by atoms with Gasteiger partial charge in [-0.05, 0) is 32.6 Å². The quantitative estimate of drug-likeness (QED) is 0.676. The Kier molecular flexibility index (Phi) is 9.27. The van der Waals surface area contributed by atoms with Crippen molar-refractivity contribution in [1.82, 2.24) is 10.6 Å². The van der Waals surface area contributed by atoms with Gasteiger partial charge in [0.1, 0.15) is 0 Å². The second-order valence-electron chi connectivity index (χ2n) is 5.18. The Hall–Kier alpha value is -1.06. The SMILES string of the molecule is CCC(CC)C(=O)NCC(C)NC(=O)C(CC)CC. The molecule has 0 heterocycles. The van der Waals surface area contributed by atoms with E-state index in [0.29, 0.717) is 6.54 Å². The highest BCUT2D eigenvalue weighted by atomic mass is 16.2. The standard InChI is InChI=1S/C15H30N2O2/c1-6-12(7-2)14(18)16-10-11(5)17-15(19)13(8-3)9-4/h11-13H,6-10H2,1-5H3,(H,16,18)(H,17,19). The van der Waals surface area contributed by atoms with E-state index in [4.69, 9.17) is 0 Å². The van der Waals surface area contributed by atoms with Gasteiger partial charge in [0.25, 0.3) is 0 Å². The van der Waals surface area contributed by atoms with Gasteiger partial charge in [0, 0.05) is 24.4 Å². The van der Waals surface area contributed by atoms with E-state index >= 15 is 0 Å². The molecule has 0 aromatic rings. The Labute approximate surface area is 117 Å². The van der Waals surface area contributed by atoms with Crippen LogP contribution in [0.1, 0.15) is 60.3 Å². The minimum Gasteiger partial charge on any atom is -0.354 e. The highest BCUT2D eigenvalue weighted by molar-refractivity contribution is 5.80. The second kappa shape index (κ2) is 9.82. The molecule has 112 valence electrons. The van der Waals surface area contributed by atoms with Crippen molar-refractivity contribution >= 4 is 11.8 Å². The summed E-state index contributed by atoms with van der Waals surface area (Å²) in [6.45, 7) is 10.5. The molecule has 2 N–H and O–H groups in total. The average Bonchev–Trinajstić information content (AvgIpc) is 2.39. The van der Waals surface area contributed by atoms with Crippen LogP contribution in [-0.2, 0) is 9.59 Å². The maximum absolute atomic E-state index is 11.9. The zero-order valence-electron chi connectivity index (χ0n) is 13.1. The molecule has 0 aromatic heterocycles. The molecule has 0 saturated carbocycles. The number of carbonyl (C=O) groups is 2. The number of nitrogens with one attached hydrogen (secondary N) is 2. The predicted octanol–water partition coefficient (Wildman–Crippen LogP) is 2.48. The first-order chi connectivity index (χ1) is 8.99. The predicted molar refractivity (Wildman–Crippen MR) is 78.8 cm³/mol. The number of hydrogen-bond acceptors (Lipinski definition) is 2. The monoisotopic (exact) mass is 270 g/mol. The maximum atomic E-state index is 11.9. The van der Waals surface area contributed by atoms with Crippen molar-refractivity contribution in [2.24, 2.45) is 11.8 Å². The van der Waals surface area contributed by atoms with Crippen molar-refractivity contribution < 1.29 is 9.59 Å². The fourth-order valence-corrected chi connectivity index (χ4v) is 2.13. The Morgan fingerprint density at radius 3 is 1.68 bits per heavy atom.